The third-order valence-electron chi connectivity index (χ3n) is 7.46. The van der Waals surface area contributed by atoms with Gasteiger partial charge in [-0.3, -0.25) is 4.90 Å². The van der Waals surface area contributed by atoms with Crippen molar-refractivity contribution in [3.63, 3.8) is 0 Å². The summed E-state index contributed by atoms with van der Waals surface area (Å²) >= 11 is 0. The minimum atomic E-state index is -0.389. The number of hydrogen-bond acceptors (Lipinski definition) is 6. The van der Waals surface area contributed by atoms with Gasteiger partial charge in [-0.05, 0) is 53.5 Å². The van der Waals surface area contributed by atoms with Gasteiger partial charge < -0.3 is 24.4 Å². The molecule has 6 nitrogen and oxygen atoms in total. The normalized spacial score (nSPS) is 19.2. The summed E-state index contributed by atoms with van der Waals surface area (Å²) in [5, 5.41) is 20.2. The number of rotatable bonds is 6. The van der Waals surface area contributed by atoms with Crippen molar-refractivity contribution in [3.8, 4) is 28.7 Å². The van der Waals surface area contributed by atoms with Gasteiger partial charge in [0.15, 0.2) is 0 Å². The third kappa shape index (κ3) is 4.26. The fourth-order valence-electron chi connectivity index (χ4n) is 5.42. The smallest absolute Gasteiger partial charge is 0.150 e. The SMILES string of the molecule is CCC1CN(CCOc2ccc(C3Oc4cc(O)ccc4C4=C3c3ccc(O)cc3OCC4)cc2)C1. The van der Waals surface area contributed by atoms with Gasteiger partial charge in [-0.2, -0.15) is 0 Å². The van der Waals surface area contributed by atoms with Crippen molar-refractivity contribution in [3.05, 3.63) is 77.4 Å². The molecule has 0 spiro atoms. The molecule has 0 amide bonds. The highest BCUT2D eigenvalue weighted by atomic mass is 16.5. The zero-order valence-corrected chi connectivity index (χ0v) is 20.4. The van der Waals surface area contributed by atoms with Gasteiger partial charge in [-0.15, -0.1) is 0 Å². The van der Waals surface area contributed by atoms with Crippen molar-refractivity contribution in [1.29, 1.82) is 0 Å². The molecular weight excluding hydrogens is 454 g/mol. The summed E-state index contributed by atoms with van der Waals surface area (Å²) in [6.45, 7) is 6.71. The lowest BCUT2D eigenvalue weighted by Gasteiger charge is -2.38. The number of nitrogens with zero attached hydrogens (tertiary/aromatic N) is 1. The predicted octanol–water partition coefficient (Wildman–Crippen LogP) is 5.65. The molecule has 36 heavy (non-hydrogen) atoms. The second-order valence-corrected chi connectivity index (χ2v) is 9.80. The quantitative estimate of drug-likeness (QED) is 0.471. The number of fused-ring (bicyclic) bond motifs is 4. The van der Waals surface area contributed by atoms with Crippen molar-refractivity contribution in [1.82, 2.24) is 4.90 Å². The second kappa shape index (κ2) is 9.43. The van der Waals surface area contributed by atoms with Crippen LogP contribution >= 0.6 is 0 Å². The Kier molecular flexibility index (Phi) is 5.97. The molecule has 6 rings (SSSR count). The van der Waals surface area contributed by atoms with Gasteiger partial charge in [-0.1, -0.05) is 25.5 Å². The van der Waals surface area contributed by atoms with E-state index in [2.05, 4.69) is 11.8 Å². The van der Waals surface area contributed by atoms with Gasteiger partial charge in [0.1, 0.15) is 41.5 Å². The fourth-order valence-corrected chi connectivity index (χ4v) is 5.42. The Morgan fingerprint density at radius 3 is 2.39 bits per heavy atom. The van der Waals surface area contributed by atoms with Crippen molar-refractivity contribution in [2.75, 3.05) is 32.8 Å². The van der Waals surface area contributed by atoms with Crippen molar-refractivity contribution in [2.24, 2.45) is 5.92 Å². The molecular formula is C30H31NO5. The molecule has 3 aromatic rings. The summed E-state index contributed by atoms with van der Waals surface area (Å²) in [6.07, 6.45) is 1.56. The third-order valence-corrected chi connectivity index (χ3v) is 7.46. The van der Waals surface area contributed by atoms with Crippen LogP contribution in [-0.2, 0) is 0 Å². The maximum Gasteiger partial charge on any atom is 0.150 e. The monoisotopic (exact) mass is 485 g/mol. The average Bonchev–Trinajstić information content (AvgIpc) is 3.04. The van der Waals surface area contributed by atoms with Crippen molar-refractivity contribution in [2.45, 2.75) is 25.9 Å². The molecule has 3 heterocycles. The molecule has 6 heteroatoms. The number of aromatic hydroxyl groups is 2. The Labute approximate surface area is 211 Å². The minimum absolute atomic E-state index is 0.168. The van der Waals surface area contributed by atoms with E-state index in [-0.39, 0.29) is 17.6 Å². The zero-order valence-electron chi connectivity index (χ0n) is 20.4. The molecule has 0 aromatic heterocycles. The molecule has 0 bridgehead atoms. The standard InChI is InChI=1S/C30H31NO5/c1-2-19-17-31(18-19)12-14-34-23-7-3-20(4-8-23)30-29-25(24-9-5-22(33)16-28(24)36-30)11-13-35-27-15-21(32)6-10-26(27)29/h3-10,15-16,19,30,32-33H,2,11-14,17-18H2,1H3. The van der Waals surface area contributed by atoms with Crippen LogP contribution in [0.4, 0.5) is 0 Å². The molecule has 0 aliphatic carbocycles. The first-order valence-electron chi connectivity index (χ1n) is 12.7. The zero-order chi connectivity index (χ0) is 24.6. The average molecular weight is 486 g/mol. The Morgan fingerprint density at radius 2 is 1.64 bits per heavy atom. The van der Waals surface area contributed by atoms with E-state index in [1.54, 1.807) is 24.3 Å². The van der Waals surface area contributed by atoms with Crippen LogP contribution in [-0.4, -0.2) is 48.0 Å². The van der Waals surface area contributed by atoms with Crippen LogP contribution in [0.15, 0.2) is 60.7 Å². The van der Waals surface area contributed by atoms with Crippen LogP contribution < -0.4 is 14.2 Å². The molecule has 3 aliphatic rings. The van der Waals surface area contributed by atoms with E-state index in [0.717, 1.165) is 46.0 Å². The van der Waals surface area contributed by atoms with Crippen molar-refractivity contribution >= 4 is 11.1 Å². The van der Waals surface area contributed by atoms with E-state index in [9.17, 15) is 10.2 Å². The molecule has 1 atom stereocenters. The molecule has 3 aliphatic heterocycles. The maximum absolute atomic E-state index is 10.1. The number of phenolic OH excluding ortho intramolecular Hbond substituents is 2. The van der Waals surface area contributed by atoms with Gasteiger partial charge >= 0.3 is 0 Å². The van der Waals surface area contributed by atoms with Crippen LogP contribution in [0.3, 0.4) is 0 Å². The summed E-state index contributed by atoms with van der Waals surface area (Å²) in [4.78, 5) is 2.43. The molecule has 1 unspecified atom stereocenters. The predicted molar refractivity (Wildman–Crippen MR) is 139 cm³/mol. The highest BCUT2D eigenvalue weighted by Gasteiger charge is 2.34. The molecule has 0 radical (unpaired) electrons. The van der Waals surface area contributed by atoms with Crippen LogP contribution in [0, 0.1) is 5.92 Å². The number of benzene rings is 3. The highest BCUT2D eigenvalue weighted by Crippen LogP contribution is 2.51. The van der Waals surface area contributed by atoms with E-state index in [1.807, 2.05) is 36.4 Å². The van der Waals surface area contributed by atoms with Gasteiger partial charge in [0.25, 0.3) is 0 Å². The second-order valence-electron chi connectivity index (χ2n) is 9.80. The van der Waals surface area contributed by atoms with E-state index < -0.39 is 0 Å². The topological polar surface area (TPSA) is 71.4 Å². The van der Waals surface area contributed by atoms with Gasteiger partial charge in [0.05, 0.1) is 6.61 Å². The number of likely N-dealkylation sites (tertiary alicyclic amines) is 1. The van der Waals surface area contributed by atoms with E-state index in [0.29, 0.717) is 31.1 Å². The van der Waals surface area contributed by atoms with Crippen LogP contribution in [0.25, 0.3) is 11.1 Å². The van der Waals surface area contributed by atoms with Crippen LogP contribution in [0.5, 0.6) is 28.7 Å². The van der Waals surface area contributed by atoms with Crippen LogP contribution in [0.1, 0.15) is 42.6 Å². The molecule has 1 saturated heterocycles. The molecule has 2 N–H and O–H groups in total. The summed E-state index contributed by atoms with van der Waals surface area (Å²) in [7, 11) is 0. The van der Waals surface area contributed by atoms with Gasteiger partial charge in [0.2, 0.25) is 0 Å². The lowest BCUT2D eigenvalue weighted by Crippen LogP contribution is -2.47. The summed E-state index contributed by atoms with van der Waals surface area (Å²) in [6, 6.07) is 18.6. The molecule has 0 saturated carbocycles. The number of phenols is 2. The fraction of sp³-hybridized carbons (Fsp3) is 0.333. The van der Waals surface area contributed by atoms with E-state index in [4.69, 9.17) is 14.2 Å². The Balaban J connectivity index is 1.29. The molecule has 186 valence electrons. The lowest BCUT2D eigenvalue weighted by molar-refractivity contribution is 0.0806. The van der Waals surface area contributed by atoms with Crippen molar-refractivity contribution < 1.29 is 24.4 Å². The van der Waals surface area contributed by atoms with E-state index >= 15 is 0 Å². The first kappa shape index (κ1) is 22.8. The Bertz CT molecular complexity index is 1290. The number of hydrogen-bond donors (Lipinski definition) is 2. The largest absolute Gasteiger partial charge is 0.508 e. The molecule has 3 aromatic carbocycles. The first-order valence-corrected chi connectivity index (χ1v) is 12.7. The Morgan fingerprint density at radius 1 is 0.917 bits per heavy atom. The summed E-state index contributed by atoms with van der Waals surface area (Å²) in [5.74, 6) is 3.32. The van der Waals surface area contributed by atoms with E-state index in [1.165, 1.54) is 19.5 Å². The van der Waals surface area contributed by atoms with Crippen LogP contribution in [0.2, 0.25) is 0 Å². The lowest BCUT2D eigenvalue weighted by atomic mass is 9.84. The maximum atomic E-state index is 10.1. The van der Waals surface area contributed by atoms with Gasteiger partial charge in [0, 0.05) is 54.9 Å². The molecule has 1 fully saturated rings. The summed E-state index contributed by atoms with van der Waals surface area (Å²) < 4.78 is 18.6. The van der Waals surface area contributed by atoms with Gasteiger partial charge in [-0.25, -0.2) is 0 Å². The first-order chi connectivity index (χ1) is 17.6. The summed E-state index contributed by atoms with van der Waals surface area (Å²) in [5.41, 5.74) is 5.01. The highest BCUT2D eigenvalue weighted by molar-refractivity contribution is 5.98. The minimum Gasteiger partial charge on any atom is -0.508 e. The Hall–Kier alpha value is -3.64. The number of ether oxygens (including phenoxy) is 3.